The Kier molecular flexibility index (Phi) is 6.95. The number of nitrogens with zero attached hydrogens (tertiary/aromatic N) is 3. The third-order valence-corrected chi connectivity index (χ3v) is 6.35. The monoisotopic (exact) mass is 435 g/mol. The van der Waals surface area contributed by atoms with Crippen molar-refractivity contribution in [3.63, 3.8) is 0 Å². The molecule has 0 aliphatic carbocycles. The van der Waals surface area contributed by atoms with Crippen molar-refractivity contribution in [1.29, 1.82) is 0 Å². The molecule has 7 heteroatoms. The summed E-state index contributed by atoms with van der Waals surface area (Å²) in [6.45, 7) is 10.1. The highest BCUT2D eigenvalue weighted by Crippen LogP contribution is 2.24. The van der Waals surface area contributed by atoms with Crippen LogP contribution in [0.25, 0.3) is 0 Å². The van der Waals surface area contributed by atoms with Gasteiger partial charge < -0.3 is 20.4 Å². The number of carbonyl (C=O) groups is 2. The van der Waals surface area contributed by atoms with E-state index < -0.39 is 0 Å². The highest BCUT2D eigenvalue weighted by atomic mass is 16.2. The zero-order valence-electron chi connectivity index (χ0n) is 19.0. The highest BCUT2D eigenvalue weighted by Gasteiger charge is 2.20. The highest BCUT2D eigenvalue weighted by molar-refractivity contribution is 6.07. The van der Waals surface area contributed by atoms with Crippen LogP contribution in [0.15, 0.2) is 48.5 Å². The number of hydrogen-bond donors (Lipinski definition) is 2. The molecule has 2 aliphatic heterocycles. The second-order valence-corrected chi connectivity index (χ2v) is 8.79. The van der Waals surface area contributed by atoms with Crippen molar-refractivity contribution in [2.45, 2.75) is 32.7 Å². The molecule has 0 saturated carbocycles. The molecule has 0 aromatic heterocycles. The van der Waals surface area contributed by atoms with Crippen LogP contribution in [-0.4, -0.2) is 67.0 Å². The van der Waals surface area contributed by atoms with Gasteiger partial charge in [-0.25, -0.2) is 4.79 Å². The second-order valence-electron chi connectivity index (χ2n) is 8.79. The van der Waals surface area contributed by atoms with Crippen LogP contribution in [0, 0.1) is 0 Å². The van der Waals surface area contributed by atoms with E-state index in [1.807, 2.05) is 42.5 Å². The van der Waals surface area contributed by atoms with Crippen LogP contribution in [0.3, 0.4) is 0 Å². The second kappa shape index (κ2) is 10.0. The molecular formula is C25H33N5O2. The summed E-state index contributed by atoms with van der Waals surface area (Å²) in [5, 5.41) is 5.88. The molecule has 170 valence electrons. The van der Waals surface area contributed by atoms with Crippen molar-refractivity contribution in [3.8, 4) is 0 Å². The Hall–Kier alpha value is -3.06. The Bertz CT molecular complexity index is 930. The maximum atomic E-state index is 12.9. The van der Waals surface area contributed by atoms with Gasteiger partial charge in [0.05, 0.1) is 11.4 Å². The number of benzene rings is 2. The number of rotatable bonds is 5. The van der Waals surface area contributed by atoms with Crippen molar-refractivity contribution in [3.05, 3.63) is 54.1 Å². The van der Waals surface area contributed by atoms with Gasteiger partial charge in [0.2, 0.25) is 0 Å². The Balaban J connectivity index is 1.38. The van der Waals surface area contributed by atoms with E-state index in [-0.39, 0.29) is 11.9 Å². The topological polar surface area (TPSA) is 67.9 Å². The van der Waals surface area contributed by atoms with Gasteiger partial charge in [-0.3, -0.25) is 9.69 Å². The van der Waals surface area contributed by atoms with E-state index in [1.165, 1.54) is 0 Å². The molecule has 3 amide bonds. The molecule has 0 spiro atoms. The summed E-state index contributed by atoms with van der Waals surface area (Å²) in [5.74, 6) is -0.191. The number of urea groups is 1. The van der Waals surface area contributed by atoms with Gasteiger partial charge in [0.15, 0.2) is 0 Å². The lowest BCUT2D eigenvalue weighted by Gasteiger charge is -2.38. The van der Waals surface area contributed by atoms with Crippen LogP contribution in [0.2, 0.25) is 0 Å². The molecule has 2 heterocycles. The molecule has 0 unspecified atom stereocenters. The number of amides is 3. The first-order chi connectivity index (χ1) is 15.5. The Labute approximate surface area is 190 Å². The minimum absolute atomic E-state index is 0.119. The van der Waals surface area contributed by atoms with Gasteiger partial charge in [-0.15, -0.1) is 0 Å². The Morgan fingerprint density at radius 3 is 1.97 bits per heavy atom. The van der Waals surface area contributed by atoms with Crippen LogP contribution in [-0.2, 0) is 0 Å². The predicted octanol–water partition coefficient (Wildman–Crippen LogP) is 4.10. The molecule has 2 N–H and O–H groups in total. The predicted molar refractivity (Wildman–Crippen MR) is 130 cm³/mol. The lowest BCUT2D eigenvalue weighted by molar-refractivity contribution is 0.102. The molecule has 2 fully saturated rings. The summed E-state index contributed by atoms with van der Waals surface area (Å²) in [4.78, 5) is 32.0. The average molecular weight is 436 g/mol. The summed E-state index contributed by atoms with van der Waals surface area (Å²) in [5.41, 5.74) is 2.94. The molecule has 4 rings (SSSR count). The fourth-order valence-corrected chi connectivity index (χ4v) is 4.33. The first-order valence-electron chi connectivity index (χ1n) is 11.6. The molecule has 0 atom stereocenters. The van der Waals surface area contributed by atoms with E-state index in [9.17, 15) is 9.59 Å². The van der Waals surface area contributed by atoms with E-state index in [0.29, 0.717) is 23.0 Å². The van der Waals surface area contributed by atoms with Crippen molar-refractivity contribution < 1.29 is 9.59 Å². The molecule has 2 aromatic carbocycles. The van der Waals surface area contributed by atoms with Crippen molar-refractivity contribution in [2.75, 3.05) is 54.8 Å². The van der Waals surface area contributed by atoms with Crippen LogP contribution in [0.1, 0.15) is 37.0 Å². The zero-order valence-corrected chi connectivity index (χ0v) is 19.0. The van der Waals surface area contributed by atoms with E-state index in [2.05, 4.69) is 34.3 Å². The third kappa shape index (κ3) is 5.22. The van der Waals surface area contributed by atoms with Gasteiger partial charge in [0.25, 0.3) is 5.91 Å². The first kappa shape index (κ1) is 22.1. The van der Waals surface area contributed by atoms with Gasteiger partial charge in [-0.1, -0.05) is 12.1 Å². The van der Waals surface area contributed by atoms with Gasteiger partial charge >= 0.3 is 6.03 Å². The molecule has 2 aromatic rings. The SMILES string of the molecule is CC(C)N1CCN(c2ccc(C(=O)Nc3ccccc3NC(=O)N3CCCC3)cc2)CC1. The van der Waals surface area contributed by atoms with Crippen LogP contribution in [0.5, 0.6) is 0 Å². The van der Waals surface area contributed by atoms with E-state index in [0.717, 1.165) is 57.8 Å². The van der Waals surface area contributed by atoms with E-state index >= 15 is 0 Å². The van der Waals surface area contributed by atoms with Gasteiger partial charge in [-0.2, -0.15) is 0 Å². The average Bonchev–Trinajstić information content (AvgIpc) is 3.36. The Morgan fingerprint density at radius 1 is 0.781 bits per heavy atom. The van der Waals surface area contributed by atoms with Crippen LogP contribution >= 0.6 is 0 Å². The Morgan fingerprint density at radius 2 is 1.38 bits per heavy atom. The summed E-state index contributed by atoms with van der Waals surface area (Å²) >= 11 is 0. The minimum atomic E-state index is -0.191. The van der Waals surface area contributed by atoms with Crippen LogP contribution in [0.4, 0.5) is 21.9 Å². The maximum Gasteiger partial charge on any atom is 0.321 e. The number of anilines is 3. The quantitative estimate of drug-likeness (QED) is 0.742. The summed E-state index contributed by atoms with van der Waals surface area (Å²) in [6, 6.07) is 15.5. The molecule has 0 radical (unpaired) electrons. The van der Waals surface area contributed by atoms with Gasteiger partial charge in [0, 0.05) is 56.6 Å². The standard InChI is InChI=1S/C25H33N5O2/c1-19(2)28-15-17-29(18-16-28)21-11-9-20(10-12-21)24(31)26-22-7-3-4-8-23(22)27-25(32)30-13-5-6-14-30/h3-4,7-12,19H,5-6,13-18H2,1-2H3,(H,26,31)(H,27,32). The normalized spacial score (nSPS) is 17.0. The lowest BCUT2D eigenvalue weighted by atomic mass is 10.1. The number of likely N-dealkylation sites (tertiary alicyclic amines) is 1. The molecule has 32 heavy (non-hydrogen) atoms. The number of carbonyl (C=O) groups excluding carboxylic acids is 2. The molecule has 0 bridgehead atoms. The lowest BCUT2D eigenvalue weighted by Crippen LogP contribution is -2.48. The summed E-state index contributed by atoms with van der Waals surface area (Å²) < 4.78 is 0. The number of piperazine rings is 1. The largest absolute Gasteiger partial charge is 0.369 e. The summed E-state index contributed by atoms with van der Waals surface area (Å²) in [7, 11) is 0. The molecule has 7 nitrogen and oxygen atoms in total. The maximum absolute atomic E-state index is 12.9. The molecule has 2 saturated heterocycles. The van der Waals surface area contributed by atoms with Crippen molar-refractivity contribution in [1.82, 2.24) is 9.80 Å². The first-order valence-corrected chi connectivity index (χ1v) is 11.6. The zero-order chi connectivity index (χ0) is 22.5. The fraction of sp³-hybridized carbons (Fsp3) is 0.440. The van der Waals surface area contributed by atoms with Gasteiger partial charge in [0.1, 0.15) is 0 Å². The van der Waals surface area contributed by atoms with E-state index in [1.54, 1.807) is 11.0 Å². The van der Waals surface area contributed by atoms with Crippen molar-refractivity contribution >= 4 is 29.0 Å². The minimum Gasteiger partial charge on any atom is -0.369 e. The fourth-order valence-electron chi connectivity index (χ4n) is 4.33. The van der Waals surface area contributed by atoms with Crippen LogP contribution < -0.4 is 15.5 Å². The third-order valence-electron chi connectivity index (χ3n) is 6.35. The molecule has 2 aliphatic rings. The van der Waals surface area contributed by atoms with Gasteiger partial charge in [-0.05, 0) is 63.1 Å². The smallest absolute Gasteiger partial charge is 0.321 e. The number of nitrogens with one attached hydrogen (secondary N) is 2. The van der Waals surface area contributed by atoms with Crippen molar-refractivity contribution in [2.24, 2.45) is 0 Å². The van der Waals surface area contributed by atoms with E-state index in [4.69, 9.17) is 0 Å². The molecular weight excluding hydrogens is 402 g/mol. The number of hydrogen-bond acceptors (Lipinski definition) is 4. The summed E-state index contributed by atoms with van der Waals surface area (Å²) in [6.07, 6.45) is 2.07. The number of para-hydroxylation sites is 2.